The van der Waals surface area contributed by atoms with Gasteiger partial charge in [-0.3, -0.25) is 19.5 Å². The van der Waals surface area contributed by atoms with Crippen LogP contribution >= 0.6 is 0 Å². The van der Waals surface area contributed by atoms with Crippen LogP contribution in [-0.2, 0) is 7.05 Å². The minimum atomic E-state index is -0.443. The van der Waals surface area contributed by atoms with E-state index in [0.29, 0.717) is 22.3 Å². The summed E-state index contributed by atoms with van der Waals surface area (Å²) in [5.74, 6) is 0.486. The summed E-state index contributed by atoms with van der Waals surface area (Å²) in [5, 5.41) is 11.4. The first-order valence-corrected chi connectivity index (χ1v) is 6.94. The summed E-state index contributed by atoms with van der Waals surface area (Å²) in [6, 6.07) is 13.4. The van der Waals surface area contributed by atoms with Crippen molar-refractivity contribution >= 4 is 28.7 Å². The Morgan fingerprint density at radius 3 is 2.70 bits per heavy atom. The molecule has 2 aromatic carbocycles. The molecule has 0 spiro atoms. The molecule has 0 amide bonds. The molecule has 0 N–H and O–H groups in total. The number of benzene rings is 2. The van der Waals surface area contributed by atoms with Crippen LogP contribution in [0.5, 0.6) is 0 Å². The quantitative estimate of drug-likeness (QED) is 0.550. The molecule has 114 valence electrons. The van der Waals surface area contributed by atoms with Crippen molar-refractivity contribution in [2.45, 2.75) is 0 Å². The molecule has 0 aliphatic heterocycles. The van der Waals surface area contributed by atoms with E-state index in [4.69, 9.17) is 0 Å². The van der Waals surface area contributed by atoms with Crippen LogP contribution in [0.25, 0.3) is 23.1 Å². The molecule has 3 rings (SSSR count). The molecule has 0 saturated heterocycles. The van der Waals surface area contributed by atoms with Crippen LogP contribution in [0.2, 0.25) is 0 Å². The van der Waals surface area contributed by atoms with Gasteiger partial charge < -0.3 is 0 Å². The molecule has 0 aliphatic carbocycles. The van der Waals surface area contributed by atoms with Crippen LogP contribution in [0.3, 0.4) is 0 Å². The van der Waals surface area contributed by atoms with E-state index in [0.717, 1.165) is 0 Å². The Hall–Kier alpha value is -3.28. The largest absolute Gasteiger partial charge is 0.296 e. The predicted octanol–water partition coefficient (Wildman–Crippen LogP) is 3.01. The Morgan fingerprint density at radius 2 is 1.91 bits per heavy atom. The summed E-state index contributed by atoms with van der Waals surface area (Å²) in [7, 11) is 1.65. The van der Waals surface area contributed by atoms with Crippen LogP contribution in [-0.4, -0.2) is 14.5 Å². The Kier molecular flexibility index (Phi) is 3.72. The van der Waals surface area contributed by atoms with E-state index in [1.54, 1.807) is 49.5 Å². The maximum atomic E-state index is 12.3. The summed E-state index contributed by atoms with van der Waals surface area (Å²) in [4.78, 5) is 27.1. The summed E-state index contributed by atoms with van der Waals surface area (Å²) in [6.07, 6.45) is 3.37. The van der Waals surface area contributed by atoms with Gasteiger partial charge in [-0.2, -0.15) is 0 Å². The molecular formula is C17H13N3O3. The summed E-state index contributed by atoms with van der Waals surface area (Å²) in [5.41, 5.74) is 1.18. The lowest BCUT2D eigenvalue weighted by atomic mass is 10.2. The SMILES string of the molecule is Cn1c(/C=C/c2cccc([N+](=O)[O-])c2)nc2ccccc2c1=O. The molecule has 0 atom stereocenters. The number of aromatic nitrogens is 2. The van der Waals surface area contributed by atoms with Crippen molar-refractivity contribution < 1.29 is 4.92 Å². The Balaban J connectivity index is 2.04. The second-order valence-electron chi connectivity index (χ2n) is 5.04. The highest BCUT2D eigenvalue weighted by molar-refractivity contribution is 5.79. The van der Waals surface area contributed by atoms with E-state index in [2.05, 4.69) is 4.98 Å². The van der Waals surface area contributed by atoms with Crippen molar-refractivity contribution in [1.82, 2.24) is 9.55 Å². The minimum absolute atomic E-state index is 0.0208. The molecule has 0 bridgehead atoms. The van der Waals surface area contributed by atoms with Gasteiger partial charge in [0.15, 0.2) is 0 Å². The first-order chi connectivity index (χ1) is 11.1. The molecule has 3 aromatic rings. The fourth-order valence-electron chi connectivity index (χ4n) is 2.30. The van der Waals surface area contributed by atoms with E-state index < -0.39 is 4.92 Å². The van der Waals surface area contributed by atoms with Crippen LogP contribution < -0.4 is 5.56 Å². The van der Waals surface area contributed by atoms with Gasteiger partial charge in [-0.1, -0.05) is 30.3 Å². The molecule has 1 aromatic heterocycles. The third-order valence-corrected chi connectivity index (χ3v) is 3.52. The number of nitro benzene ring substituents is 1. The van der Waals surface area contributed by atoms with Crippen molar-refractivity contribution in [3.8, 4) is 0 Å². The molecule has 0 fully saturated rings. The van der Waals surface area contributed by atoms with Crippen molar-refractivity contribution in [3.63, 3.8) is 0 Å². The molecule has 0 aliphatic rings. The van der Waals surface area contributed by atoms with Gasteiger partial charge in [-0.05, 0) is 23.8 Å². The number of fused-ring (bicyclic) bond motifs is 1. The molecular weight excluding hydrogens is 294 g/mol. The highest BCUT2D eigenvalue weighted by Crippen LogP contribution is 2.15. The third kappa shape index (κ3) is 2.87. The number of non-ortho nitro benzene ring substituents is 1. The Labute approximate surface area is 131 Å². The van der Waals surface area contributed by atoms with E-state index in [1.807, 2.05) is 6.07 Å². The lowest BCUT2D eigenvalue weighted by Crippen LogP contribution is -2.20. The smallest absolute Gasteiger partial charge is 0.270 e. The molecule has 1 heterocycles. The average molecular weight is 307 g/mol. The Morgan fingerprint density at radius 1 is 1.13 bits per heavy atom. The second kappa shape index (κ2) is 5.84. The summed E-state index contributed by atoms with van der Waals surface area (Å²) >= 11 is 0. The standard InChI is InChI=1S/C17H13N3O3/c1-19-16(18-15-8-3-2-7-14(15)17(19)21)10-9-12-5-4-6-13(11-12)20(22)23/h2-11H,1H3/b10-9+. The maximum absolute atomic E-state index is 12.3. The monoisotopic (exact) mass is 307 g/mol. The normalized spacial score (nSPS) is 11.2. The van der Waals surface area contributed by atoms with Gasteiger partial charge in [-0.15, -0.1) is 0 Å². The Bertz CT molecular complexity index is 990. The second-order valence-corrected chi connectivity index (χ2v) is 5.04. The maximum Gasteiger partial charge on any atom is 0.270 e. The fraction of sp³-hybridized carbons (Fsp3) is 0.0588. The number of nitro groups is 1. The number of hydrogen-bond donors (Lipinski definition) is 0. The van der Waals surface area contributed by atoms with Gasteiger partial charge in [0.1, 0.15) is 5.82 Å². The van der Waals surface area contributed by atoms with E-state index in [-0.39, 0.29) is 11.2 Å². The fourth-order valence-corrected chi connectivity index (χ4v) is 2.30. The zero-order chi connectivity index (χ0) is 16.4. The van der Waals surface area contributed by atoms with Crippen molar-refractivity contribution in [2.24, 2.45) is 7.05 Å². The number of rotatable bonds is 3. The highest BCUT2D eigenvalue weighted by Gasteiger charge is 2.06. The number of nitrogens with zero attached hydrogens (tertiary/aromatic N) is 3. The zero-order valence-corrected chi connectivity index (χ0v) is 12.3. The summed E-state index contributed by atoms with van der Waals surface area (Å²) in [6.45, 7) is 0. The lowest BCUT2D eigenvalue weighted by Gasteiger charge is -2.05. The van der Waals surface area contributed by atoms with E-state index in [1.165, 1.54) is 16.7 Å². The van der Waals surface area contributed by atoms with Crippen molar-refractivity contribution in [2.75, 3.05) is 0 Å². The van der Waals surface area contributed by atoms with E-state index in [9.17, 15) is 14.9 Å². The van der Waals surface area contributed by atoms with E-state index >= 15 is 0 Å². The third-order valence-electron chi connectivity index (χ3n) is 3.52. The molecule has 6 nitrogen and oxygen atoms in total. The average Bonchev–Trinajstić information content (AvgIpc) is 2.57. The van der Waals surface area contributed by atoms with Crippen LogP contribution in [0.1, 0.15) is 11.4 Å². The molecule has 6 heteroatoms. The number of hydrogen-bond acceptors (Lipinski definition) is 4. The first-order valence-electron chi connectivity index (χ1n) is 6.94. The van der Waals surface area contributed by atoms with Gasteiger partial charge in [-0.25, -0.2) is 4.98 Å². The van der Waals surface area contributed by atoms with Gasteiger partial charge in [0.05, 0.1) is 15.8 Å². The molecule has 23 heavy (non-hydrogen) atoms. The van der Waals surface area contributed by atoms with Crippen molar-refractivity contribution in [1.29, 1.82) is 0 Å². The van der Waals surface area contributed by atoms with Gasteiger partial charge >= 0.3 is 0 Å². The minimum Gasteiger partial charge on any atom is -0.296 e. The van der Waals surface area contributed by atoms with Crippen LogP contribution in [0.15, 0.2) is 53.3 Å². The van der Waals surface area contributed by atoms with Gasteiger partial charge in [0.2, 0.25) is 0 Å². The first kappa shape index (κ1) is 14.6. The lowest BCUT2D eigenvalue weighted by molar-refractivity contribution is -0.384. The zero-order valence-electron chi connectivity index (χ0n) is 12.3. The van der Waals surface area contributed by atoms with Gasteiger partial charge in [0.25, 0.3) is 11.2 Å². The molecule has 0 saturated carbocycles. The van der Waals surface area contributed by atoms with Crippen molar-refractivity contribution in [3.05, 3.63) is 80.4 Å². The van der Waals surface area contributed by atoms with Crippen LogP contribution in [0.4, 0.5) is 5.69 Å². The topological polar surface area (TPSA) is 78.0 Å². The molecule has 0 unspecified atom stereocenters. The highest BCUT2D eigenvalue weighted by atomic mass is 16.6. The summed E-state index contributed by atoms with van der Waals surface area (Å²) < 4.78 is 1.45. The van der Waals surface area contributed by atoms with Crippen LogP contribution in [0, 0.1) is 10.1 Å². The number of para-hydroxylation sites is 1. The molecule has 0 radical (unpaired) electrons. The van der Waals surface area contributed by atoms with Gasteiger partial charge in [0, 0.05) is 19.2 Å². The predicted molar refractivity (Wildman–Crippen MR) is 89.0 cm³/mol.